The van der Waals surface area contributed by atoms with E-state index in [0.717, 1.165) is 0 Å². The van der Waals surface area contributed by atoms with Crippen molar-refractivity contribution in [3.8, 4) is 0 Å². The molecule has 0 unspecified atom stereocenters. The highest BCUT2D eigenvalue weighted by molar-refractivity contribution is 8.01. The van der Waals surface area contributed by atoms with Crippen molar-refractivity contribution in [2.75, 3.05) is 16.8 Å². The molecule has 0 saturated carbocycles. The van der Waals surface area contributed by atoms with Gasteiger partial charge in [0.2, 0.25) is 11.0 Å². The van der Waals surface area contributed by atoms with Gasteiger partial charge in [-0.15, -0.1) is 10.2 Å². The van der Waals surface area contributed by atoms with Gasteiger partial charge in [-0.25, -0.2) is 4.79 Å². The van der Waals surface area contributed by atoms with E-state index in [2.05, 4.69) is 15.5 Å². The number of hydrogen-bond acceptors (Lipinski definition) is 7. The highest BCUT2D eigenvalue weighted by Crippen LogP contribution is 2.23. The number of hydrogen-bond donors (Lipinski definition) is 3. The number of carbonyl (C=O) groups is 2. The van der Waals surface area contributed by atoms with E-state index in [4.69, 9.17) is 10.8 Å². The quantitative estimate of drug-likeness (QED) is 0.717. The van der Waals surface area contributed by atoms with Gasteiger partial charge in [0.05, 0.1) is 11.3 Å². The number of nitrogens with zero attached hydrogens (tertiary/aromatic N) is 2. The van der Waals surface area contributed by atoms with Crippen molar-refractivity contribution in [1.29, 1.82) is 0 Å². The molecule has 1 aromatic carbocycles. The first-order valence-electron chi connectivity index (χ1n) is 5.39. The number of carboxylic acids is 1. The molecule has 20 heavy (non-hydrogen) atoms. The molecule has 2 rings (SSSR count). The highest BCUT2D eigenvalue weighted by atomic mass is 32.2. The number of rotatable bonds is 5. The maximum atomic E-state index is 11.7. The van der Waals surface area contributed by atoms with Gasteiger partial charge in [0.1, 0.15) is 0 Å². The number of nitrogens with two attached hydrogens (primary N) is 1. The summed E-state index contributed by atoms with van der Waals surface area (Å²) in [4.78, 5) is 22.4. The average Bonchev–Trinajstić information content (AvgIpc) is 2.83. The molecule has 1 heterocycles. The number of benzene rings is 1. The molecule has 0 fully saturated rings. The number of nitrogens with one attached hydrogen (secondary N) is 1. The minimum atomic E-state index is -1.01. The minimum Gasteiger partial charge on any atom is -0.478 e. The van der Waals surface area contributed by atoms with Crippen molar-refractivity contribution >= 4 is 45.8 Å². The second-order valence-corrected chi connectivity index (χ2v) is 5.86. The van der Waals surface area contributed by atoms with Crippen LogP contribution in [0, 0.1) is 0 Å². The molecule has 0 aliphatic rings. The number of anilines is 2. The molecular weight excluding hydrogens is 300 g/mol. The summed E-state index contributed by atoms with van der Waals surface area (Å²) in [6.07, 6.45) is 0. The number of thioether (sulfide) groups is 1. The van der Waals surface area contributed by atoms with Crippen molar-refractivity contribution in [2.45, 2.75) is 4.34 Å². The predicted molar refractivity (Wildman–Crippen MR) is 77.1 cm³/mol. The molecule has 0 radical (unpaired) electrons. The van der Waals surface area contributed by atoms with Crippen LogP contribution in [0.15, 0.2) is 28.6 Å². The lowest BCUT2D eigenvalue weighted by Crippen LogP contribution is -2.14. The summed E-state index contributed by atoms with van der Waals surface area (Å²) in [5.74, 6) is -1.05. The zero-order chi connectivity index (χ0) is 14.5. The van der Waals surface area contributed by atoms with E-state index in [-0.39, 0.29) is 17.2 Å². The second-order valence-electron chi connectivity index (χ2n) is 3.63. The zero-order valence-electron chi connectivity index (χ0n) is 10.1. The van der Waals surface area contributed by atoms with E-state index in [1.807, 2.05) is 0 Å². The topological polar surface area (TPSA) is 118 Å². The van der Waals surface area contributed by atoms with Gasteiger partial charge in [0, 0.05) is 5.69 Å². The highest BCUT2D eigenvalue weighted by Gasteiger charge is 2.08. The van der Waals surface area contributed by atoms with Gasteiger partial charge in [0.15, 0.2) is 4.34 Å². The zero-order valence-corrected chi connectivity index (χ0v) is 11.7. The summed E-state index contributed by atoms with van der Waals surface area (Å²) in [5, 5.41) is 19.2. The largest absolute Gasteiger partial charge is 0.478 e. The normalized spacial score (nSPS) is 10.2. The van der Waals surface area contributed by atoms with Crippen LogP contribution in [0.2, 0.25) is 0 Å². The fraction of sp³-hybridized carbons (Fsp3) is 0.0909. The molecule has 9 heteroatoms. The molecule has 0 atom stereocenters. The Bertz CT molecular complexity index is 627. The molecule has 104 valence electrons. The Kier molecular flexibility index (Phi) is 4.53. The molecule has 0 saturated heterocycles. The Morgan fingerprint density at radius 3 is 2.55 bits per heavy atom. The Morgan fingerprint density at radius 2 is 2.00 bits per heavy atom. The van der Waals surface area contributed by atoms with E-state index in [1.54, 1.807) is 0 Å². The fourth-order valence-corrected chi connectivity index (χ4v) is 2.74. The van der Waals surface area contributed by atoms with E-state index >= 15 is 0 Å². The van der Waals surface area contributed by atoms with Gasteiger partial charge in [-0.3, -0.25) is 4.79 Å². The summed E-state index contributed by atoms with van der Waals surface area (Å²) in [7, 11) is 0. The van der Waals surface area contributed by atoms with Crippen molar-refractivity contribution in [2.24, 2.45) is 0 Å². The lowest BCUT2D eigenvalue weighted by molar-refractivity contribution is -0.113. The summed E-state index contributed by atoms with van der Waals surface area (Å²) < 4.78 is 0.624. The number of carbonyl (C=O) groups excluding carboxylic acids is 1. The van der Waals surface area contributed by atoms with Crippen LogP contribution in [0.25, 0.3) is 0 Å². The lowest BCUT2D eigenvalue weighted by Gasteiger charge is -2.04. The Labute approximate surface area is 122 Å². The summed E-state index contributed by atoms with van der Waals surface area (Å²) in [6, 6.07) is 5.93. The van der Waals surface area contributed by atoms with Gasteiger partial charge < -0.3 is 16.2 Å². The van der Waals surface area contributed by atoms with E-state index in [9.17, 15) is 9.59 Å². The molecule has 0 aliphatic heterocycles. The third-order valence-corrected chi connectivity index (χ3v) is 4.05. The number of amides is 1. The van der Waals surface area contributed by atoms with Crippen LogP contribution in [-0.2, 0) is 4.79 Å². The van der Waals surface area contributed by atoms with Gasteiger partial charge in [-0.1, -0.05) is 23.1 Å². The maximum Gasteiger partial charge on any atom is 0.335 e. The van der Waals surface area contributed by atoms with Crippen LogP contribution in [0.4, 0.5) is 10.8 Å². The van der Waals surface area contributed by atoms with E-state index in [1.165, 1.54) is 47.4 Å². The van der Waals surface area contributed by atoms with Crippen molar-refractivity contribution < 1.29 is 14.7 Å². The summed E-state index contributed by atoms with van der Waals surface area (Å²) in [6.45, 7) is 0. The Hall–Kier alpha value is -2.13. The monoisotopic (exact) mass is 310 g/mol. The molecule has 2 aromatic rings. The summed E-state index contributed by atoms with van der Waals surface area (Å²) in [5.41, 5.74) is 6.14. The fourth-order valence-electron chi connectivity index (χ4n) is 1.30. The maximum absolute atomic E-state index is 11.7. The molecule has 0 spiro atoms. The second kappa shape index (κ2) is 6.35. The van der Waals surface area contributed by atoms with Crippen molar-refractivity contribution in [3.05, 3.63) is 29.8 Å². The Morgan fingerprint density at radius 1 is 1.30 bits per heavy atom. The molecule has 7 nitrogen and oxygen atoms in total. The van der Waals surface area contributed by atoms with Crippen LogP contribution >= 0.6 is 23.1 Å². The van der Waals surface area contributed by atoms with Crippen LogP contribution < -0.4 is 11.1 Å². The molecule has 1 aromatic heterocycles. The molecule has 0 bridgehead atoms. The van der Waals surface area contributed by atoms with Gasteiger partial charge in [0.25, 0.3) is 0 Å². The van der Waals surface area contributed by atoms with Crippen LogP contribution in [0.5, 0.6) is 0 Å². The van der Waals surface area contributed by atoms with E-state index < -0.39 is 5.97 Å². The summed E-state index contributed by atoms with van der Waals surface area (Å²) >= 11 is 2.45. The SMILES string of the molecule is Nc1nnc(SCC(=O)Nc2ccc(C(=O)O)cc2)s1. The van der Waals surface area contributed by atoms with Crippen LogP contribution in [0.3, 0.4) is 0 Å². The average molecular weight is 310 g/mol. The van der Waals surface area contributed by atoms with Gasteiger partial charge in [-0.2, -0.15) is 0 Å². The number of nitrogen functional groups attached to an aromatic ring is 1. The van der Waals surface area contributed by atoms with Crippen LogP contribution in [0.1, 0.15) is 10.4 Å². The smallest absolute Gasteiger partial charge is 0.335 e. The number of aromatic nitrogens is 2. The lowest BCUT2D eigenvalue weighted by atomic mass is 10.2. The first-order valence-corrected chi connectivity index (χ1v) is 7.20. The number of aromatic carboxylic acids is 1. The minimum absolute atomic E-state index is 0.168. The molecular formula is C11H10N4O3S2. The predicted octanol–water partition coefficient (Wildman–Crippen LogP) is 1.55. The van der Waals surface area contributed by atoms with Gasteiger partial charge in [-0.05, 0) is 24.3 Å². The standard InChI is InChI=1S/C11H10N4O3S2/c12-10-14-15-11(20-10)19-5-8(16)13-7-3-1-6(2-4-7)9(17)18/h1-4H,5H2,(H2,12,14)(H,13,16)(H,17,18). The number of carboxylic acid groups (broad SMARTS) is 1. The third-order valence-electron chi connectivity index (χ3n) is 2.16. The van der Waals surface area contributed by atoms with Gasteiger partial charge >= 0.3 is 5.97 Å². The molecule has 1 amide bonds. The third kappa shape index (κ3) is 3.93. The van der Waals surface area contributed by atoms with Crippen LogP contribution in [-0.4, -0.2) is 32.9 Å². The van der Waals surface area contributed by atoms with Crippen molar-refractivity contribution in [3.63, 3.8) is 0 Å². The molecule has 4 N–H and O–H groups in total. The van der Waals surface area contributed by atoms with E-state index in [0.29, 0.717) is 15.2 Å². The Balaban J connectivity index is 1.86. The first kappa shape index (κ1) is 14.3. The first-order chi connectivity index (χ1) is 9.54. The molecule has 0 aliphatic carbocycles. The van der Waals surface area contributed by atoms with Crippen molar-refractivity contribution in [1.82, 2.24) is 10.2 Å².